The summed E-state index contributed by atoms with van der Waals surface area (Å²) in [4.78, 5) is 25.8. The highest BCUT2D eigenvalue weighted by atomic mass is 16.5. The highest BCUT2D eigenvalue weighted by Gasteiger charge is 2.29. The second-order valence-corrected chi connectivity index (χ2v) is 8.36. The van der Waals surface area contributed by atoms with Gasteiger partial charge in [0.15, 0.2) is 0 Å². The first-order valence-corrected chi connectivity index (χ1v) is 11.0. The molecule has 31 heavy (non-hydrogen) atoms. The number of para-hydroxylation sites is 1. The van der Waals surface area contributed by atoms with Crippen molar-refractivity contribution in [1.29, 1.82) is 0 Å². The van der Waals surface area contributed by atoms with E-state index in [1.165, 1.54) is 0 Å². The van der Waals surface area contributed by atoms with E-state index in [4.69, 9.17) is 4.74 Å². The molecule has 2 aromatic rings. The molecule has 3 rings (SSSR count). The summed E-state index contributed by atoms with van der Waals surface area (Å²) in [6, 6.07) is 17.4. The minimum Gasteiger partial charge on any atom is -0.496 e. The van der Waals surface area contributed by atoms with Crippen LogP contribution in [0.4, 0.5) is 0 Å². The third-order valence-electron chi connectivity index (χ3n) is 5.58. The van der Waals surface area contributed by atoms with Crippen molar-refractivity contribution >= 4 is 23.5 Å². The van der Waals surface area contributed by atoms with Gasteiger partial charge in [-0.3, -0.25) is 9.59 Å². The van der Waals surface area contributed by atoms with E-state index in [0.29, 0.717) is 17.7 Å². The highest BCUT2D eigenvalue weighted by Crippen LogP contribution is 2.28. The average molecular weight is 421 g/mol. The van der Waals surface area contributed by atoms with Crippen LogP contribution in [0.15, 0.2) is 54.6 Å². The predicted octanol–water partition coefficient (Wildman–Crippen LogP) is 4.44. The number of benzene rings is 2. The number of amides is 2. The molecule has 1 saturated carbocycles. The fraction of sp³-hybridized carbons (Fsp3) is 0.385. The van der Waals surface area contributed by atoms with Crippen LogP contribution in [0, 0.1) is 5.92 Å². The van der Waals surface area contributed by atoms with Crippen molar-refractivity contribution in [2.75, 3.05) is 7.11 Å². The van der Waals surface area contributed by atoms with E-state index in [9.17, 15) is 9.59 Å². The summed E-state index contributed by atoms with van der Waals surface area (Å²) in [6.45, 7) is 3.93. The molecular weight excluding hydrogens is 388 g/mol. The molecule has 5 heteroatoms. The molecular formula is C26H32N2O3. The van der Waals surface area contributed by atoms with Gasteiger partial charge in [-0.1, -0.05) is 55.0 Å². The smallest absolute Gasteiger partial charge is 0.252 e. The van der Waals surface area contributed by atoms with E-state index < -0.39 is 0 Å². The number of hydrogen-bond donors (Lipinski definition) is 2. The van der Waals surface area contributed by atoms with Gasteiger partial charge in [0.25, 0.3) is 5.91 Å². The summed E-state index contributed by atoms with van der Waals surface area (Å²) >= 11 is 0. The minimum atomic E-state index is -0.132. The first-order chi connectivity index (χ1) is 15.0. The van der Waals surface area contributed by atoms with Crippen LogP contribution in [-0.4, -0.2) is 31.0 Å². The third kappa shape index (κ3) is 6.20. The Morgan fingerprint density at radius 1 is 1.03 bits per heavy atom. The van der Waals surface area contributed by atoms with Crippen LogP contribution in [0.1, 0.15) is 50.7 Å². The Labute approximate surface area is 184 Å². The van der Waals surface area contributed by atoms with Gasteiger partial charge < -0.3 is 15.4 Å². The van der Waals surface area contributed by atoms with Gasteiger partial charge in [-0.2, -0.15) is 0 Å². The maximum absolute atomic E-state index is 13.3. The van der Waals surface area contributed by atoms with E-state index >= 15 is 0 Å². The quantitative estimate of drug-likeness (QED) is 0.514. The fourth-order valence-corrected chi connectivity index (χ4v) is 4.06. The summed E-state index contributed by atoms with van der Waals surface area (Å²) in [5.41, 5.74) is 2.27. The molecule has 1 aliphatic rings. The lowest BCUT2D eigenvalue weighted by Crippen LogP contribution is -2.43. The largest absolute Gasteiger partial charge is 0.496 e. The molecule has 1 fully saturated rings. The fourth-order valence-electron chi connectivity index (χ4n) is 4.06. The van der Waals surface area contributed by atoms with Crippen LogP contribution in [0.2, 0.25) is 0 Å². The van der Waals surface area contributed by atoms with E-state index in [0.717, 1.165) is 30.4 Å². The molecule has 2 aromatic carbocycles. The van der Waals surface area contributed by atoms with Crippen molar-refractivity contribution in [3.63, 3.8) is 0 Å². The van der Waals surface area contributed by atoms with Gasteiger partial charge >= 0.3 is 0 Å². The zero-order valence-corrected chi connectivity index (χ0v) is 18.6. The Morgan fingerprint density at radius 3 is 2.45 bits per heavy atom. The summed E-state index contributed by atoms with van der Waals surface area (Å²) in [5.74, 6) is 0.612. The monoisotopic (exact) mass is 420 g/mol. The highest BCUT2D eigenvalue weighted by molar-refractivity contribution is 6.24. The van der Waals surface area contributed by atoms with Gasteiger partial charge in [-0.25, -0.2) is 0 Å². The van der Waals surface area contributed by atoms with Crippen molar-refractivity contribution in [2.45, 2.75) is 51.6 Å². The molecule has 0 saturated heterocycles. The third-order valence-corrected chi connectivity index (χ3v) is 5.58. The number of ether oxygens (including phenoxy) is 1. The molecule has 0 heterocycles. The second-order valence-electron chi connectivity index (χ2n) is 8.36. The van der Waals surface area contributed by atoms with Crippen molar-refractivity contribution < 1.29 is 14.3 Å². The molecule has 0 aliphatic heterocycles. The molecule has 164 valence electrons. The zero-order valence-electron chi connectivity index (χ0n) is 18.6. The van der Waals surface area contributed by atoms with Crippen molar-refractivity contribution in [3.05, 3.63) is 65.7 Å². The van der Waals surface area contributed by atoms with Crippen molar-refractivity contribution in [1.82, 2.24) is 10.6 Å². The summed E-state index contributed by atoms with van der Waals surface area (Å²) < 4.78 is 5.46. The van der Waals surface area contributed by atoms with Crippen molar-refractivity contribution in [3.8, 4) is 5.75 Å². The van der Waals surface area contributed by atoms with E-state index in [-0.39, 0.29) is 29.8 Å². The number of carbonyl (C=O) groups is 2. The van der Waals surface area contributed by atoms with Crippen molar-refractivity contribution in [2.24, 2.45) is 5.92 Å². The maximum Gasteiger partial charge on any atom is 0.252 e. The Bertz CT molecular complexity index is 921. The molecule has 2 atom stereocenters. The van der Waals surface area contributed by atoms with Crippen LogP contribution in [0.25, 0.3) is 11.6 Å². The Morgan fingerprint density at radius 2 is 1.74 bits per heavy atom. The lowest BCUT2D eigenvalue weighted by Gasteiger charge is -2.30. The average Bonchev–Trinajstić information content (AvgIpc) is 2.78. The molecule has 0 aromatic heterocycles. The molecule has 0 spiro atoms. The summed E-state index contributed by atoms with van der Waals surface area (Å²) in [5, 5.41) is 6.19. The molecule has 2 unspecified atom stereocenters. The Hall–Kier alpha value is -3.08. The number of methoxy groups -OCH3 is 1. The van der Waals surface area contributed by atoms with Crippen LogP contribution in [0.5, 0.6) is 5.75 Å². The first kappa shape index (κ1) is 22.6. The van der Waals surface area contributed by atoms with Crippen LogP contribution in [-0.2, 0) is 9.59 Å². The standard InChI is InChI=1S/C26H32N2O3/c1-18(2)27-25(29)21-13-9-14-22(16-21)28-26(30)23(19-10-5-4-6-11-19)17-20-12-7-8-15-24(20)31-3/h4-8,10-12,15,17-18,21-22H,9,13-14,16H2,1-3H3,(H,27,29)(H,28,30)/b23-17+. The Balaban J connectivity index is 1.81. The van der Waals surface area contributed by atoms with Gasteiger partial charge in [-0.05, 0) is 50.8 Å². The summed E-state index contributed by atoms with van der Waals surface area (Å²) in [6.07, 6.45) is 5.22. The molecule has 2 N–H and O–H groups in total. The predicted molar refractivity (Wildman–Crippen MR) is 124 cm³/mol. The first-order valence-electron chi connectivity index (χ1n) is 11.0. The summed E-state index contributed by atoms with van der Waals surface area (Å²) in [7, 11) is 1.62. The lowest BCUT2D eigenvalue weighted by atomic mass is 9.84. The van der Waals surface area contributed by atoms with Gasteiger partial charge in [-0.15, -0.1) is 0 Å². The maximum atomic E-state index is 13.3. The van der Waals surface area contributed by atoms with E-state index in [2.05, 4.69) is 10.6 Å². The zero-order chi connectivity index (χ0) is 22.2. The lowest BCUT2D eigenvalue weighted by molar-refractivity contribution is -0.127. The van der Waals surface area contributed by atoms with Crippen LogP contribution in [0.3, 0.4) is 0 Å². The molecule has 0 bridgehead atoms. The van der Waals surface area contributed by atoms with Gasteiger partial charge in [0.1, 0.15) is 5.75 Å². The topological polar surface area (TPSA) is 67.4 Å². The van der Waals surface area contributed by atoms with Gasteiger partial charge in [0.05, 0.1) is 7.11 Å². The SMILES string of the molecule is COc1ccccc1/C=C(/C(=O)NC1CCCC(C(=O)NC(C)C)C1)c1ccccc1. The molecule has 1 aliphatic carbocycles. The second kappa shape index (κ2) is 10.8. The Kier molecular flexibility index (Phi) is 7.88. The minimum absolute atomic E-state index is 0.0195. The number of rotatable bonds is 7. The molecule has 2 amide bonds. The number of nitrogens with one attached hydrogen (secondary N) is 2. The van der Waals surface area contributed by atoms with Crippen LogP contribution >= 0.6 is 0 Å². The van der Waals surface area contributed by atoms with Gasteiger partial charge in [0.2, 0.25) is 5.91 Å². The number of hydrogen-bond acceptors (Lipinski definition) is 3. The number of carbonyl (C=O) groups excluding carboxylic acids is 2. The van der Waals surface area contributed by atoms with E-state index in [1.54, 1.807) is 7.11 Å². The van der Waals surface area contributed by atoms with Gasteiger partial charge in [0, 0.05) is 29.1 Å². The molecule has 5 nitrogen and oxygen atoms in total. The normalized spacial score (nSPS) is 19.0. The molecule has 0 radical (unpaired) electrons. The van der Waals surface area contributed by atoms with Crippen LogP contribution < -0.4 is 15.4 Å². The van der Waals surface area contributed by atoms with E-state index in [1.807, 2.05) is 74.5 Å².